The summed E-state index contributed by atoms with van der Waals surface area (Å²) in [5.41, 5.74) is 6.51. The number of halogens is 1. The Bertz CT molecular complexity index is 776. The predicted octanol–water partition coefficient (Wildman–Crippen LogP) is 2.14. The van der Waals surface area contributed by atoms with E-state index in [1.807, 2.05) is 4.90 Å². The Kier molecular flexibility index (Phi) is 6.25. The van der Waals surface area contributed by atoms with Crippen molar-refractivity contribution in [1.82, 2.24) is 10.2 Å². The molecule has 3 N–H and O–H groups in total. The van der Waals surface area contributed by atoms with Gasteiger partial charge in [-0.15, -0.1) is 0 Å². The molecule has 0 aromatic heterocycles. The zero-order valence-electron chi connectivity index (χ0n) is 17.2. The lowest BCUT2D eigenvalue weighted by molar-refractivity contribution is -0.144. The topological polar surface area (TPSA) is 78.7 Å². The number of carbonyl (C=O) groups excluding carboxylic acids is 2. The highest BCUT2D eigenvalue weighted by atomic mass is 32.1. The molecule has 3 atom stereocenters. The third-order valence-corrected chi connectivity index (χ3v) is 7.42. The maximum Gasteiger partial charge on any atom is 0.226 e. The number of rotatable bonds is 5. The molecule has 2 saturated carbocycles. The average Bonchev–Trinajstić information content (AvgIpc) is 3.55. The van der Waals surface area contributed by atoms with Crippen LogP contribution in [0.5, 0.6) is 0 Å². The Balaban J connectivity index is 1.36. The number of hydrogen-bond donors (Lipinski definition) is 3. The van der Waals surface area contributed by atoms with Gasteiger partial charge in [-0.3, -0.25) is 9.59 Å². The van der Waals surface area contributed by atoms with E-state index in [1.54, 1.807) is 12.1 Å². The number of benzene rings is 1. The standard InChI is InChI=1S/C22H31FN4O2S/c23-15-5-7-16(8-6-15)26-11-13-27(14-12-26)20(29)18-4-2-1-3-17(18)19(28)25-22(9-10-22)21(24)30/h5-8,17-18,21,30H,1-4,9-14,24H2,(H,25,28)/t17-,18-,21?/m1/s1. The normalized spacial score (nSPS) is 26.8. The van der Waals surface area contributed by atoms with Gasteiger partial charge in [-0.25, -0.2) is 4.39 Å². The van der Waals surface area contributed by atoms with Crippen LogP contribution in [0.1, 0.15) is 38.5 Å². The fourth-order valence-corrected chi connectivity index (χ4v) is 5.10. The Hall–Kier alpha value is -1.80. The molecule has 1 aromatic carbocycles. The van der Waals surface area contributed by atoms with Crippen molar-refractivity contribution >= 4 is 30.1 Å². The average molecular weight is 435 g/mol. The van der Waals surface area contributed by atoms with E-state index in [0.29, 0.717) is 26.2 Å². The first-order chi connectivity index (χ1) is 14.4. The molecule has 1 heterocycles. The zero-order chi connectivity index (χ0) is 21.3. The van der Waals surface area contributed by atoms with Gasteiger partial charge in [0.2, 0.25) is 11.8 Å². The van der Waals surface area contributed by atoms with Gasteiger partial charge in [0.1, 0.15) is 5.82 Å². The number of nitrogens with zero attached hydrogens (tertiary/aromatic N) is 2. The van der Waals surface area contributed by atoms with Crippen LogP contribution in [0.25, 0.3) is 0 Å². The molecule has 2 amide bonds. The number of nitrogens with one attached hydrogen (secondary N) is 1. The SMILES string of the molecule is NC(S)C1(NC(=O)[C@@H]2CCCC[C@H]2C(=O)N2CCN(c3ccc(F)cc3)CC2)CC1. The summed E-state index contributed by atoms with van der Waals surface area (Å²) in [6.45, 7) is 2.65. The lowest BCUT2D eigenvalue weighted by Gasteiger charge is -2.40. The summed E-state index contributed by atoms with van der Waals surface area (Å²) in [5.74, 6) is -0.747. The van der Waals surface area contributed by atoms with E-state index in [0.717, 1.165) is 44.2 Å². The van der Waals surface area contributed by atoms with E-state index in [1.165, 1.54) is 12.1 Å². The molecule has 6 nitrogen and oxygen atoms in total. The van der Waals surface area contributed by atoms with Gasteiger partial charge in [0, 0.05) is 43.7 Å². The molecule has 30 heavy (non-hydrogen) atoms. The summed E-state index contributed by atoms with van der Waals surface area (Å²) in [6, 6.07) is 6.46. The van der Waals surface area contributed by atoms with Gasteiger partial charge in [0.25, 0.3) is 0 Å². The van der Waals surface area contributed by atoms with Gasteiger partial charge < -0.3 is 20.9 Å². The number of anilines is 1. The minimum atomic E-state index is -0.397. The molecule has 0 bridgehead atoms. The molecule has 1 saturated heterocycles. The van der Waals surface area contributed by atoms with Crippen LogP contribution in [0, 0.1) is 17.7 Å². The van der Waals surface area contributed by atoms with Crippen molar-refractivity contribution in [2.45, 2.75) is 49.4 Å². The molecule has 2 aliphatic carbocycles. The van der Waals surface area contributed by atoms with Crippen LogP contribution in [-0.2, 0) is 9.59 Å². The number of thiol groups is 1. The first-order valence-corrected chi connectivity index (χ1v) is 11.5. The molecule has 3 fully saturated rings. The summed E-state index contributed by atoms with van der Waals surface area (Å²) >= 11 is 4.33. The van der Waals surface area contributed by atoms with E-state index in [-0.39, 0.29) is 34.8 Å². The van der Waals surface area contributed by atoms with Gasteiger partial charge >= 0.3 is 0 Å². The zero-order valence-corrected chi connectivity index (χ0v) is 18.1. The number of amides is 2. The predicted molar refractivity (Wildman–Crippen MR) is 118 cm³/mol. The van der Waals surface area contributed by atoms with Crippen molar-refractivity contribution in [1.29, 1.82) is 0 Å². The lowest BCUT2D eigenvalue weighted by atomic mass is 9.77. The summed E-state index contributed by atoms with van der Waals surface area (Å²) in [7, 11) is 0. The second-order valence-electron chi connectivity index (χ2n) is 8.88. The van der Waals surface area contributed by atoms with Gasteiger partial charge in [-0.1, -0.05) is 12.8 Å². The second-order valence-corrected chi connectivity index (χ2v) is 9.43. The van der Waals surface area contributed by atoms with Gasteiger partial charge in [-0.05, 0) is 49.9 Å². The Morgan fingerprint density at radius 1 is 1.07 bits per heavy atom. The molecule has 8 heteroatoms. The number of carbonyl (C=O) groups is 2. The van der Waals surface area contributed by atoms with Crippen LogP contribution in [0.2, 0.25) is 0 Å². The Morgan fingerprint density at radius 2 is 1.67 bits per heavy atom. The molecule has 1 aromatic rings. The molecule has 3 aliphatic rings. The third-order valence-electron chi connectivity index (χ3n) is 6.93. The van der Waals surface area contributed by atoms with Crippen molar-refractivity contribution < 1.29 is 14.0 Å². The third kappa shape index (κ3) is 4.44. The second kappa shape index (κ2) is 8.75. The van der Waals surface area contributed by atoms with Crippen LogP contribution >= 0.6 is 12.6 Å². The van der Waals surface area contributed by atoms with E-state index in [4.69, 9.17) is 5.73 Å². The maximum absolute atomic E-state index is 13.3. The van der Waals surface area contributed by atoms with Crippen LogP contribution in [-0.4, -0.2) is 53.8 Å². The molecular formula is C22H31FN4O2S. The van der Waals surface area contributed by atoms with E-state index in [2.05, 4.69) is 22.8 Å². The van der Waals surface area contributed by atoms with E-state index >= 15 is 0 Å². The minimum Gasteiger partial charge on any atom is -0.368 e. The highest BCUT2D eigenvalue weighted by Crippen LogP contribution is 2.41. The van der Waals surface area contributed by atoms with Crippen LogP contribution < -0.4 is 16.0 Å². The number of piperazine rings is 1. The molecule has 1 unspecified atom stereocenters. The van der Waals surface area contributed by atoms with Crippen molar-refractivity contribution in [2.24, 2.45) is 17.6 Å². The van der Waals surface area contributed by atoms with Gasteiger partial charge in [0.15, 0.2) is 0 Å². The van der Waals surface area contributed by atoms with Crippen molar-refractivity contribution in [3.05, 3.63) is 30.1 Å². The number of nitrogens with two attached hydrogens (primary N) is 1. The first kappa shape index (κ1) is 21.4. The number of hydrogen-bond acceptors (Lipinski definition) is 5. The monoisotopic (exact) mass is 434 g/mol. The summed E-state index contributed by atoms with van der Waals surface area (Å²) in [6.07, 6.45) is 5.15. The minimum absolute atomic E-state index is 0.0417. The Labute approximate surface area is 182 Å². The largest absolute Gasteiger partial charge is 0.368 e. The molecule has 0 radical (unpaired) electrons. The smallest absolute Gasteiger partial charge is 0.226 e. The molecule has 0 spiro atoms. The summed E-state index contributed by atoms with van der Waals surface area (Å²) in [5, 5.41) is 2.73. The fourth-order valence-electron chi connectivity index (χ4n) is 4.78. The van der Waals surface area contributed by atoms with Crippen LogP contribution in [0.15, 0.2) is 24.3 Å². The molecular weight excluding hydrogens is 403 g/mol. The van der Waals surface area contributed by atoms with Crippen LogP contribution in [0.4, 0.5) is 10.1 Å². The molecule has 1 aliphatic heterocycles. The van der Waals surface area contributed by atoms with E-state index < -0.39 is 5.54 Å². The lowest BCUT2D eigenvalue weighted by Crippen LogP contribution is -2.54. The highest BCUT2D eigenvalue weighted by molar-refractivity contribution is 7.81. The summed E-state index contributed by atoms with van der Waals surface area (Å²) in [4.78, 5) is 30.4. The quantitative estimate of drug-likeness (QED) is 0.490. The fraction of sp³-hybridized carbons (Fsp3) is 0.636. The van der Waals surface area contributed by atoms with Crippen LogP contribution in [0.3, 0.4) is 0 Å². The highest BCUT2D eigenvalue weighted by Gasteiger charge is 2.50. The Morgan fingerprint density at radius 3 is 2.23 bits per heavy atom. The van der Waals surface area contributed by atoms with Gasteiger partial charge in [0.05, 0.1) is 10.9 Å². The van der Waals surface area contributed by atoms with Crippen molar-refractivity contribution in [2.75, 3.05) is 31.1 Å². The summed E-state index contributed by atoms with van der Waals surface area (Å²) < 4.78 is 13.2. The van der Waals surface area contributed by atoms with E-state index in [9.17, 15) is 14.0 Å². The first-order valence-electron chi connectivity index (χ1n) is 10.9. The maximum atomic E-state index is 13.3. The van der Waals surface area contributed by atoms with Crippen molar-refractivity contribution in [3.63, 3.8) is 0 Å². The van der Waals surface area contributed by atoms with Gasteiger partial charge in [-0.2, -0.15) is 12.6 Å². The van der Waals surface area contributed by atoms with Crippen molar-refractivity contribution in [3.8, 4) is 0 Å². The molecule has 4 rings (SSSR count). The molecule has 164 valence electrons.